The lowest BCUT2D eigenvalue weighted by molar-refractivity contribution is 0.102. The monoisotopic (exact) mass is 381 g/mol. The molecule has 1 amide bonds. The minimum atomic E-state index is -0.470. The Kier molecular flexibility index (Phi) is 4.78. The molecule has 1 N–H and O–H groups in total. The third-order valence-electron chi connectivity index (χ3n) is 3.74. The van der Waals surface area contributed by atoms with E-state index >= 15 is 0 Å². The standard InChI is InChI=1S/C16H14Cl2FN5O/c1-9-14(18)15(22-23(9)2)16(25)20-13-6-7-24(21-13)8-10-11(17)4-3-5-12(10)19/h3-7H,8H2,1-2H3,(H,20,21,25). The second kappa shape index (κ2) is 6.85. The quantitative estimate of drug-likeness (QED) is 0.749. The van der Waals surface area contributed by atoms with Crippen molar-refractivity contribution >= 4 is 34.9 Å². The number of rotatable bonds is 4. The Hall–Kier alpha value is -2.38. The Bertz CT molecular complexity index is 930. The molecule has 0 unspecified atom stereocenters. The molecule has 9 heteroatoms. The fourth-order valence-corrected chi connectivity index (χ4v) is 2.73. The molecule has 0 radical (unpaired) electrons. The number of carbonyl (C=O) groups excluding carboxylic acids is 1. The lowest BCUT2D eigenvalue weighted by Gasteiger charge is -2.06. The highest BCUT2D eigenvalue weighted by atomic mass is 35.5. The number of aromatic nitrogens is 4. The first-order valence-electron chi connectivity index (χ1n) is 7.33. The number of benzene rings is 1. The van der Waals surface area contributed by atoms with Gasteiger partial charge >= 0.3 is 0 Å². The van der Waals surface area contributed by atoms with Crippen molar-refractivity contribution in [3.63, 3.8) is 0 Å². The van der Waals surface area contributed by atoms with Gasteiger partial charge < -0.3 is 5.32 Å². The van der Waals surface area contributed by atoms with Crippen molar-refractivity contribution in [1.29, 1.82) is 0 Å². The summed E-state index contributed by atoms with van der Waals surface area (Å²) >= 11 is 12.1. The fourth-order valence-electron chi connectivity index (χ4n) is 2.26. The summed E-state index contributed by atoms with van der Waals surface area (Å²) in [5, 5.41) is 11.5. The first-order chi connectivity index (χ1) is 11.9. The molecular weight excluding hydrogens is 368 g/mol. The number of nitrogens with zero attached hydrogens (tertiary/aromatic N) is 4. The summed E-state index contributed by atoms with van der Waals surface area (Å²) in [4.78, 5) is 12.3. The number of carbonyl (C=O) groups is 1. The average molecular weight is 382 g/mol. The van der Waals surface area contributed by atoms with Crippen molar-refractivity contribution in [2.45, 2.75) is 13.5 Å². The van der Waals surface area contributed by atoms with Gasteiger partial charge in [0.15, 0.2) is 11.5 Å². The zero-order valence-corrected chi connectivity index (χ0v) is 14.9. The Morgan fingerprint density at radius 3 is 2.68 bits per heavy atom. The van der Waals surface area contributed by atoms with Crippen LogP contribution in [0.15, 0.2) is 30.5 Å². The van der Waals surface area contributed by atoms with Crippen LogP contribution in [0.2, 0.25) is 10.0 Å². The highest BCUT2D eigenvalue weighted by molar-refractivity contribution is 6.34. The summed E-state index contributed by atoms with van der Waals surface area (Å²) in [7, 11) is 1.70. The summed E-state index contributed by atoms with van der Waals surface area (Å²) in [6, 6.07) is 6.07. The SMILES string of the molecule is Cc1c(Cl)c(C(=O)Nc2ccn(Cc3c(F)cccc3Cl)n2)nn1C. The zero-order chi connectivity index (χ0) is 18.1. The van der Waals surface area contributed by atoms with Crippen molar-refractivity contribution in [3.8, 4) is 0 Å². The second-order valence-corrected chi connectivity index (χ2v) is 6.21. The van der Waals surface area contributed by atoms with E-state index in [2.05, 4.69) is 15.5 Å². The average Bonchev–Trinajstić information content (AvgIpc) is 3.11. The Balaban J connectivity index is 1.75. The van der Waals surface area contributed by atoms with E-state index < -0.39 is 11.7 Å². The number of halogens is 3. The summed E-state index contributed by atoms with van der Waals surface area (Å²) in [6.07, 6.45) is 1.61. The second-order valence-electron chi connectivity index (χ2n) is 5.42. The van der Waals surface area contributed by atoms with Crippen LogP contribution in [-0.4, -0.2) is 25.5 Å². The number of hydrogen-bond acceptors (Lipinski definition) is 3. The molecule has 130 valence electrons. The van der Waals surface area contributed by atoms with Crippen molar-refractivity contribution in [3.05, 3.63) is 63.3 Å². The van der Waals surface area contributed by atoms with Crippen LogP contribution in [0, 0.1) is 12.7 Å². The molecule has 0 saturated heterocycles. The van der Waals surface area contributed by atoms with Crippen LogP contribution in [0.5, 0.6) is 0 Å². The molecule has 0 atom stereocenters. The number of nitrogens with one attached hydrogen (secondary N) is 1. The normalized spacial score (nSPS) is 10.9. The minimum absolute atomic E-state index is 0.119. The molecule has 0 saturated carbocycles. The third kappa shape index (κ3) is 3.52. The van der Waals surface area contributed by atoms with Crippen molar-refractivity contribution in [1.82, 2.24) is 19.6 Å². The molecule has 2 aromatic heterocycles. The Morgan fingerprint density at radius 1 is 1.28 bits per heavy atom. The van der Waals surface area contributed by atoms with Gasteiger partial charge in [-0.05, 0) is 19.1 Å². The molecule has 1 aromatic carbocycles. The van der Waals surface area contributed by atoms with E-state index in [1.807, 2.05) is 0 Å². The van der Waals surface area contributed by atoms with Crippen LogP contribution in [0.25, 0.3) is 0 Å². The van der Waals surface area contributed by atoms with Crippen LogP contribution >= 0.6 is 23.2 Å². The first-order valence-corrected chi connectivity index (χ1v) is 8.09. The van der Waals surface area contributed by atoms with Crippen LogP contribution in [0.3, 0.4) is 0 Å². The zero-order valence-electron chi connectivity index (χ0n) is 13.4. The van der Waals surface area contributed by atoms with E-state index in [0.29, 0.717) is 22.1 Å². The van der Waals surface area contributed by atoms with E-state index in [1.165, 1.54) is 21.5 Å². The molecule has 0 aliphatic rings. The fraction of sp³-hybridized carbons (Fsp3) is 0.188. The maximum absolute atomic E-state index is 13.8. The highest BCUT2D eigenvalue weighted by Crippen LogP contribution is 2.21. The molecule has 0 bridgehead atoms. The van der Waals surface area contributed by atoms with Crippen molar-refractivity contribution in [2.75, 3.05) is 5.32 Å². The van der Waals surface area contributed by atoms with E-state index in [-0.39, 0.29) is 17.3 Å². The van der Waals surface area contributed by atoms with Gasteiger partial charge in [-0.1, -0.05) is 29.3 Å². The van der Waals surface area contributed by atoms with Crippen LogP contribution in [-0.2, 0) is 13.6 Å². The van der Waals surface area contributed by atoms with Gasteiger partial charge in [-0.2, -0.15) is 10.2 Å². The number of amides is 1. The molecule has 0 aliphatic carbocycles. The van der Waals surface area contributed by atoms with Gasteiger partial charge in [0.25, 0.3) is 5.91 Å². The lowest BCUT2D eigenvalue weighted by atomic mass is 10.2. The van der Waals surface area contributed by atoms with Crippen LogP contribution in [0.1, 0.15) is 21.7 Å². The number of anilines is 1. The van der Waals surface area contributed by atoms with E-state index in [1.54, 1.807) is 32.3 Å². The molecule has 3 rings (SSSR count). The van der Waals surface area contributed by atoms with E-state index in [9.17, 15) is 9.18 Å². The molecule has 6 nitrogen and oxygen atoms in total. The number of hydrogen-bond donors (Lipinski definition) is 1. The topological polar surface area (TPSA) is 64.7 Å². The summed E-state index contributed by atoms with van der Waals surface area (Å²) < 4.78 is 16.8. The summed E-state index contributed by atoms with van der Waals surface area (Å²) in [6.45, 7) is 1.91. The molecule has 0 aliphatic heterocycles. The highest BCUT2D eigenvalue weighted by Gasteiger charge is 2.19. The summed E-state index contributed by atoms with van der Waals surface area (Å²) in [5.41, 5.74) is 1.13. The Morgan fingerprint density at radius 2 is 2.04 bits per heavy atom. The maximum Gasteiger partial charge on any atom is 0.278 e. The van der Waals surface area contributed by atoms with Gasteiger partial charge in [-0.25, -0.2) is 4.39 Å². The molecular formula is C16H14Cl2FN5O. The largest absolute Gasteiger partial charge is 0.304 e. The molecule has 0 spiro atoms. The van der Waals surface area contributed by atoms with E-state index in [4.69, 9.17) is 23.2 Å². The van der Waals surface area contributed by atoms with Gasteiger partial charge in [0.05, 0.1) is 17.3 Å². The third-order valence-corrected chi connectivity index (χ3v) is 4.55. The van der Waals surface area contributed by atoms with E-state index in [0.717, 1.165) is 0 Å². The maximum atomic E-state index is 13.8. The predicted molar refractivity (Wildman–Crippen MR) is 93.6 cm³/mol. The minimum Gasteiger partial charge on any atom is -0.304 e. The Labute approximate surface area is 153 Å². The van der Waals surface area contributed by atoms with Gasteiger partial charge in [0.2, 0.25) is 0 Å². The number of aryl methyl sites for hydroxylation is 1. The lowest BCUT2D eigenvalue weighted by Crippen LogP contribution is -2.14. The molecule has 0 fully saturated rings. The van der Waals surface area contributed by atoms with Gasteiger partial charge in [0.1, 0.15) is 5.82 Å². The first kappa shape index (κ1) is 17.4. The van der Waals surface area contributed by atoms with Gasteiger partial charge in [-0.3, -0.25) is 14.2 Å². The van der Waals surface area contributed by atoms with Gasteiger partial charge in [0, 0.05) is 29.9 Å². The summed E-state index contributed by atoms with van der Waals surface area (Å²) in [5.74, 6) is -0.580. The van der Waals surface area contributed by atoms with Crippen LogP contribution < -0.4 is 5.32 Å². The molecule has 3 aromatic rings. The van der Waals surface area contributed by atoms with Crippen LogP contribution in [0.4, 0.5) is 10.2 Å². The molecule has 25 heavy (non-hydrogen) atoms. The van der Waals surface area contributed by atoms with Crippen molar-refractivity contribution in [2.24, 2.45) is 7.05 Å². The van der Waals surface area contributed by atoms with Crippen molar-refractivity contribution < 1.29 is 9.18 Å². The van der Waals surface area contributed by atoms with Gasteiger partial charge in [-0.15, -0.1) is 0 Å². The smallest absolute Gasteiger partial charge is 0.278 e. The molecule has 2 heterocycles. The predicted octanol–water partition coefficient (Wildman–Crippen LogP) is 3.67.